The number of pyridine rings is 1. The molecular formula is C23H26F3N5O5. The van der Waals surface area contributed by atoms with E-state index >= 15 is 0 Å². The second kappa shape index (κ2) is 10.5. The van der Waals surface area contributed by atoms with Gasteiger partial charge in [0, 0.05) is 50.0 Å². The number of nitro groups is 1. The molecule has 1 amide bonds. The van der Waals surface area contributed by atoms with Crippen LogP contribution in [0.3, 0.4) is 0 Å². The minimum Gasteiger partial charge on any atom is -0.474 e. The number of alkyl halides is 3. The van der Waals surface area contributed by atoms with Gasteiger partial charge in [-0.3, -0.25) is 10.1 Å². The van der Waals surface area contributed by atoms with Crippen LogP contribution in [0.2, 0.25) is 0 Å². The number of nitrogens with one attached hydrogen (secondary N) is 1. The lowest BCUT2D eigenvalue weighted by Gasteiger charge is -2.34. The van der Waals surface area contributed by atoms with Crippen LogP contribution in [0.25, 0.3) is 0 Å². The van der Waals surface area contributed by atoms with Gasteiger partial charge >= 0.3 is 12.3 Å². The minimum atomic E-state index is -4.82. The normalized spacial score (nSPS) is 20.6. The van der Waals surface area contributed by atoms with Gasteiger partial charge in [-0.15, -0.1) is 0 Å². The minimum absolute atomic E-state index is 0.0859. The predicted molar refractivity (Wildman–Crippen MR) is 124 cm³/mol. The van der Waals surface area contributed by atoms with Crippen molar-refractivity contribution in [1.29, 1.82) is 0 Å². The molecule has 2 heterocycles. The van der Waals surface area contributed by atoms with Crippen molar-refractivity contribution in [2.24, 2.45) is 0 Å². The van der Waals surface area contributed by atoms with Crippen LogP contribution in [0.15, 0.2) is 36.4 Å². The Morgan fingerprint density at radius 1 is 1.11 bits per heavy atom. The Labute approximate surface area is 204 Å². The molecule has 0 bridgehead atoms. The summed E-state index contributed by atoms with van der Waals surface area (Å²) >= 11 is 0. The largest absolute Gasteiger partial charge is 0.474 e. The zero-order chi connectivity index (χ0) is 25.9. The van der Waals surface area contributed by atoms with E-state index < -0.39 is 28.4 Å². The third-order valence-corrected chi connectivity index (χ3v) is 6.41. The van der Waals surface area contributed by atoms with Gasteiger partial charge in [0.1, 0.15) is 17.5 Å². The molecule has 1 aromatic carbocycles. The molecule has 0 spiro atoms. The van der Waals surface area contributed by atoms with Gasteiger partial charge in [-0.2, -0.15) is 18.2 Å². The lowest BCUT2D eigenvalue weighted by molar-refractivity contribution is -0.388. The summed E-state index contributed by atoms with van der Waals surface area (Å²) in [5, 5.41) is 23.1. The van der Waals surface area contributed by atoms with Crippen molar-refractivity contribution in [3.05, 3.63) is 52.1 Å². The maximum Gasteiger partial charge on any atom is 0.423 e. The summed E-state index contributed by atoms with van der Waals surface area (Å²) in [6.45, 7) is 1.88. The highest BCUT2D eigenvalue weighted by atomic mass is 19.4. The molecule has 36 heavy (non-hydrogen) atoms. The van der Waals surface area contributed by atoms with Crippen LogP contribution in [0.1, 0.15) is 31.2 Å². The molecule has 1 aliphatic heterocycles. The summed E-state index contributed by atoms with van der Waals surface area (Å²) < 4.78 is 45.8. The summed E-state index contributed by atoms with van der Waals surface area (Å²) in [6, 6.07) is 8.31. The van der Waals surface area contributed by atoms with Crippen molar-refractivity contribution in [1.82, 2.24) is 9.88 Å². The number of hydrogen-bond donors (Lipinski definition) is 2. The summed E-state index contributed by atoms with van der Waals surface area (Å²) in [4.78, 5) is 28.9. The maximum absolute atomic E-state index is 13.2. The second-order valence-electron chi connectivity index (χ2n) is 8.81. The number of aromatic nitrogens is 1. The Balaban J connectivity index is 1.31. The average molecular weight is 509 g/mol. The number of carbonyl (C=O) groups is 1. The van der Waals surface area contributed by atoms with Gasteiger partial charge in [0.15, 0.2) is 0 Å². The molecule has 13 heteroatoms. The first kappa shape index (κ1) is 25.3. The molecule has 1 aliphatic carbocycles. The predicted octanol–water partition coefficient (Wildman–Crippen LogP) is 4.61. The van der Waals surface area contributed by atoms with E-state index in [9.17, 15) is 28.1 Å². The molecule has 2 fully saturated rings. The fourth-order valence-electron chi connectivity index (χ4n) is 4.52. The van der Waals surface area contributed by atoms with Crippen LogP contribution in [-0.4, -0.2) is 64.3 Å². The van der Waals surface area contributed by atoms with E-state index in [-0.39, 0.29) is 17.8 Å². The number of carboxylic acid groups (broad SMARTS) is 1. The third-order valence-electron chi connectivity index (χ3n) is 6.41. The summed E-state index contributed by atoms with van der Waals surface area (Å²) in [5.74, 6) is 1.18. The Kier molecular flexibility index (Phi) is 7.36. The molecule has 194 valence electrons. The van der Waals surface area contributed by atoms with Gasteiger partial charge < -0.3 is 25.0 Å². The van der Waals surface area contributed by atoms with Crippen LogP contribution in [0, 0.1) is 10.1 Å². The first-order valence-electron chi connectivity index (χ1n) is 11.6. The van der Waals surface area contributed by atoms with Crippen LogP contribution in [0.5, 0.6) is 5.88 Å². The Bertz CT molecular complexity index is 1100. The highest BCUT2D eigenvalue weighted by Gasteiger charge is 2.38. The molecule has 0 atom stereocenters. The quantitative estimate of drug-likeness (QED) is 0.428. The fourth-order valence-corrected chi connectivity index (χ4v) is 4.52. The Hall–Kier alpha value is -3.77. The first-order chi connectivity index (χ1) is 17.1. The van der Waals surface area contributed by atoms with Crippen LogP contribution >= 0.6 is 0 Å². The number of nitro benzene ring substituents is 1. The Morgan fingerprint density at radius 2 is 1.81 bits per heavy atom. The second-order valence-corrected chi connectivity index (χ2v) is 8.81. The summed E-state index contributed by atoms with van der Waals surface area (Å²) in [5.41, 5.74) is -2.05. The number of hydrogen-bond acceptors (Lipinski definition) is 7. The summed E-state index contributed by atoms with van der Waals surface area (Å²) in [6.07, 6.45) is -3.22. The number of ether oxygens (including phenoxy) is 1. The number of piperazine rings is 1. The van der Waals surface area contributed by atoms with Crippen molar-refractivity contribution < 1.29 is 32.7 Å². The first-order valence-corrected chi connectivity index (χ1v) is 11.6. The van der Waals surface area contributed by atoms with Gasteiger partial charge in [-0.1, -0.05) is 6.07 Å². The number of anilines is 2. The molecule has 1 aromatic heterocycles. The van der Waals surface area contributed by atoms with Crippen molar-refractivity contribution in [3.63, 3.8) is 0 Å². The smallest absolute Gasteiger partial charge is 0.423 e. The van der Waals surface area contributed by atoms with Gasteiger partial charge in [-0.25, -0.2) is 4.79 Å². The van der Waals surface area contributed by atoms with Crippen molar-refractivity contribution in [3.8, 4) is 5.88 Å². The third kappa shape index (κ3) is 6.07. The standard InChI is InChI=1S/C23H26F3N5O5/c24-23(25,26)18-14-16(6-9-19(18)31(34)35)27-15-4-7-17(8-5-15)36-21-3-1-2-20(28-21)29-10-12-30(13-11-29)22(32)33/h1-3,6,9,14-15,17,27H,4-5,7-8,10-13H2,(H,32,33). The highest BCUT2D eigenvalue weighted by Crippen LogP contribution is 2.38. The lowest BCUT2D eigenvalue weighted by atomic mass is 9.92. The SMILES string of the molecule is O=C(O)N1CCN(c2cccc(OC3CCC(Nc4ccc([N+](=O)[O-])c(C(F)(F)F)c4)CC3)n2)CC1. The van der Waals surface area contributed by atoms with Gasteiger partial charge in [0.05, 0.1) is 4.92 Å². The van der Waals surface area contributed by atoms with Crippen LogP contribution < -0.4 is 15.0 Å². The highest BCUT2D eigenvalue weighted by molar-refractivity contribution is 5.65. The average Bonchev–Trinajstić information content (AvgIpc) is 2.85. The maximum atomic E-state index is 13.2. The zero-order valence-corrected chi connectivity index (χ0v) is 19.3. The lowest BCUT2D eigenvalue weighted by Crippen LogP contribution is -2.48. The molecule has 0 unspecified atom stereocenters. The van der Waals surface area contributed by atoms with Crippen molar-refractivity contribution >= 4 is 23.3 Å². The number of halogens is 3. The van der Waals surface area contributed by atoms with Gasteiger partial charge in [0.25, 0.3) is 5.69 Å². The Morgan fingerprint density at radius 3 is 2.42 bits per heavy atom. The summed E-state index contributed by atoms with van der Waals surface area (Å²) in [7, 11) is 0. The molecule has 10 nitrogen and oxygen atoms in total. The van der Waals surface area contributed by atoms with E-state index in [0.29, 0.717) is 63.6 Å². The number of rotatable bonds is 6. The topological polar surface area (TPSA) is 121 Å². The van der Waals surface area contributed by atoms with Crippen molar-refractivity contribution in [2.75, 3.05) is 36.4 Å². The molecule has 0 radical (unpaired) electrons. The van der Waals surface area contributed by atoms with Crippen LogP contribution in [0.4, 0.5) is 35.2 Å². The molecule has 4 rings (SSSR count). The number of amides is 1. The van der Waals surface area contributed by atoms with Crippen molar-refractivity contribution in [2.45, 2.75) is 44.0 Å². The zero-order valence-electron chi connectivity index (χ0n) is 19.3. The van der Waals surface area contributed by atoms with Gasteiger partial charge in [0.2, 0.25) is 5.88 Å². The molecule has 2 N–H and O–H groups in total. The monoisotopic (exact) mass is 509 g/mol. The van der Waals surface area contributed by atoms with E-state index in [4.69, 9.17) is 9.84 Å². The molecule has 2 aliphatic rings. The molecule has 2 aromatic rings. The van der Waals surface area contributed by atoms with Gasteiger partial charge in [-0.05, 0) is 43.9 Å². The van der Waals surface area contributed by atoms with E-state index in [1.807, 2.05) is 17.0 Å². The fraction of sp³-hybridized carbons (Fsp3) is 0.478. The molecular weight excluding hydrogens is 483 g/mol. The number of benzene rings is 1. The van der Waals surface area contributed by atoms with E-state index in [1.165, 1.54) is 11.0 Å². The van der Waals surface area contributed by atoms with E-state index in [0.717, 1.165) is 12.1 Å². The molecule has 1 saturated carbocycles. The number of nitrogens with zero attached hydrogens (tertiary/aromatic N) is 4. The van der Waals surface area contributed by atoms with E-state index in [1.54, 1.807) is 6.07 Å². The van der Waals surface area contributed by atoms with E-state index in [2.05, 4.69) is 10.3 Å². The van der Waals surface area contributed by atoms with Crippen LogP contribution in [-0.2, 0) is 6.18 Å². The molecule has 1 saturated heterocycles.